The van der Waals surface area contributed by atoms with Gasteiger partial charge in [0.1, 0.15) is 17.7 Å². The highest BCUT2D eigenvalue weighted by molar-refractivity contribution is 7.93. The van der Waals surface area contributed by atoms with Crippen LogP contribution in [-0.4, -0.2) is 79.3 Å². The topological polar surface area (TPSA) is 174 Å². The molecule has 0 saturated carbocycles. The summed E-state index contributed by atoms with van der Waals surface area (Å²) in [6, 6.07) is 11.2. The Morgan fingerprint density at radius 1 is 1.16 bits per heavy atom. The lowest BCUT2D eigenvalue weighted by Crippen LogP contribution is -2.40. The fraction of sp³-hybridized carbons (Fsp3) is 0.320. The van der Waals surface area contributed by atoms with E-state index in [1.165, 1.54) is 18.2 Å². The van der Waals surface area contributed by atoms with E-state index >= 15 is 0 Å². The number of likely N-dealkylation sites (tertiary alicyclic amines) is 1. The average molecular weight is 565 g/mol. The van der Waals surface area contributed by atoms with Gasteiger partial charge in [-0.05, 0) is 42.7 Å². The zero-order valence-corrected chi connectivity index (χ0v) is 22.0. The summed E-state index contributed by atoms with van der Waals surface area (Å²) < 4.78 is 32.7. The van der Waals surface area contributed by atoms with Crippen LogP contribution in [0.25, 0.3) is 6.08 Å². The number of hydrogen-bond donors (Lipinski definition) is 4. The van der Waals surface area contributed by atoms with Gasteiger partial charge in [0.2, 0.25) is 10.0 Å². The molecule has 0 atom stereocenters. The van der Waals surface area contributed by atoms with E-state index in [-0.39, 0.29) is 35.7 Å². The fourth-order valence-corrected chi connectivity index (χ4v) is 5.44. The molecule has 3 rings (SSSR count). The van der Waals surface area contributed by atoms with E-state index in [4.69, 9.17) is 37.7 Å². The molecule has 0 spiro atoms. The van der Waals surface area contributed by atoms with Crippen molar-refractivity contribution in [2.75, 3.05) is 36.2 Å². The van der Waals surface area contributed by atoms with Crippen molar-refractivity contribution >= 4 is 51.2 Å². The number of ether oxygens (including phenoxy) is 1. The Hall–Kier alpha value is -3.61. The second-order valence-corrected chi connectivity index (χ2v) is 11.0. The van der Waals surface area contributed by atoms with Gasteiger partial charge in [-0.2, -0.15) is 0 Å². The van der Waals surface area contributed by atoms with Crippen LogP contribution in [-0.2, 0) is 19.6 Å². The van der Waals surface area contributed by atoms with Gasteiger partial charge >= 0.3 is 11.9 Å². The summed E-state index contributed by atoms with van der Waals surface area (Å²) in [6.45, 7) is 0.934. The molecular formula is C25H29ClN4O7S. The van der Waals surface area contributed by atoms with Crippen molar-refractivity contribution in [1.82, 2.24) is 4.90 Å². The van der Waals surface area contributed by atoms with Gasteiger partial charge in [0.15, 0.2) is 5.75 Å². The number of carboxylic acids is 2. The van der Waals surface area contributed by atoms with Gasteiger partial charge in [0.25, 0.3) is 0 Å². The second-order valence-electron chi connectivity index (χ2n) is 8.72. The van der Waals surface area contributed by atoms with Gasteiger partial charge < -0.3 is 20.7 Å². The van der Waals surface area contributed by atoms with E-state index in [0.29, 0.717) is 42.8 Å². The van der Waals surface area contributed by atoms with E-state index in [1.807, 2.05) is 4.90 Å². The van der Waals surface area contributed by atoms with Crippen LogP contribution in [0.1, 0.15) is 24.0 Å². The normalized spacial score (nSPS) is 14.9. The predicted octanol–water partition coefficient (Wildman–Crippen LogP) is 2.49. The van der Waals surface area contributed by atoms with Gasteiger partial charge in [-0.3, -0.25) is 24.2 Å². The van der Waals surface area contributed by atoms with Crippen LogP contribution in [0, 0.1) is 5.41 Å². The largest absolute Gasteiger partial charge is 0.489 e. The van der Waals surface area contributed by atoms with E-state index < -0.39 is 27.7 Å². The van der Waals surface area contributed by atoms with Crippen LogP contribution in [0.3, 0.4) is 0 Å². The Kier molecular flexibility index (Phi) is 9.72. The molecule has 0 radical (unpaired) electrons. The average Bonchev–Trinajstić information content (AvgIpc) is 2.83. The third kappa shape index (κ3) is 8.20. The fourth-order valence-electron chi connectivity index (χ4n) is 4.00. The van der Waals surface area contributed by atoms with Crippen molar-refractivity contribution in [1.29, 1.82) is 5.41 Å². The van der Waals surface area contributed by atoms with Crippen molar-refractivity contribution in [3.05, 3.63) is 64.7 Å². The van der Waals surface area contributed by atoms with Gasteiger partial charge in [0.05, 0.1) is 23.8 Å². The number of carbonyl (C=O) groups is 2. The Balaban J connectivity index is 1.77. The molecule has 0 aromatic heterocycles. The van der Waals surface area contributed by atoms with Gasteiger partial charge in [0, 0.05) is 18.7 Å². The molecule has 11 nitrogen and oxygen atoms in total. The molecule has 0 amide bonds. The molecular weight excluding hydrogens is 536 g/mol. The minimum absolute atomic E-state index is 0.0283. The first-order valence-corrected chi connectivity index (χ1v) is 13.7. The molecule has 38 heavy (non-hydrogen) atoms. The maximum atomic E-state index is 12.9. The highest BCUT2D eigenvalue weighted by Crippen LogP contribution is 2.32. The predicted molar refractivity (Wildman–Crippen MR) is 144 cm³/mol. The lowest BCUT2D eigenvalue weighted by molar-refractivity contribution is -0.139. The van der Waals surface area contributed by atoms with Crippen molar-refractivity contribution in [2.24, 2.45) is 5.73 Å². The van der Waals surface area contributed by atoms with Crippen LogP contribution >= 0.6 is 11.6 Å². The standard InChI is InChI=1S/C25H29ClN4O7S/c26-21-14-19(6-7-22(21)37-20-8-11-29(12-9-20)15-23(31)32)30(38(35,36)16-24(33)34)10-2-4-17-3-1-5-18(13-17)25(27)28/h1-7,13-14,20H,8-12,15-16H2,(H3,27,28)(H,31,32)(H,33,34). The smallest absolute Gasteiger partial charge is 0.320 e. The first kappa shape index (κ1) is 29.0. The summed E-state index contributed by atoms with van der Waals surface area (Å²) in [5.74, 6) is -3.24. The number of sulfonamides is 1. The quantitative estimate of drug-likeness (QED) is 0.223. The van der Waals surface area contributed by atoms with Crippen molar-refractivity contribution < 1.29 is 33.0 Å². The first-order chi connectivity index (χ1) is 17.9. The number of nitrogens with one attached hydrogen (secondary N) is 1. The monoisotopic (exact) mass is 564 g/mol. The van der Waals surface area contributed by atoms with Crippen LogP contribution in [0.4, 0.5) is 5.69 Å². The number of aliphatic carboxylic acids is 2. The molecule has 1 aliphatic rings. The van der Waals surface area contributed by atoms with Crippen LogP contribution in [0.5, 0.6) is 5.75 Å². The SMILES string of the molecule is N=C(N)c1cccc(C=CCN(c2ccc(OC3CCN(CC(=O)O)CC3)c(Cl)c2)S(=O)(=O)CC(=O)O)c1. The molecule has 1 aliphatic heterocycles. The summed E-state index contributed by atoms with van der Waals surface area (Å²) in [6.07, 6.45) is 4.25. The van der Waals surface area contributed by atoms with E-state index in [9.17, 15) is 18.0 Å². The maximum absolute atomic E-state index is 12.9. The lowest BCUT2D eigenvalue weighted by Gasteiger charge is -2.31. The van der Waals surface area contributed by atoms with Gasteiger partial charge in [-0.15, -0.1) is 0 Å². The number of rotatable bonds is 12. The van der Waals surface area contributed by atoms with Gasteiger partial charge in [-0.25, -0.2) is 8.42 Å². The molecule has 1 fully saturated rings. The Morgan fingerprint density at radius 3 is 2.47 bits per heavy atom. The number of nitrogens with two attached hydrogens (primary N) is 1. The summed E-state index contributed by atoms with van der Waals surface area (Å²) in [5.41, 5.74) is 6.88. The van der Waals surface area contributed by atoms with Crippen molar-refractivity contribution in [2.45, 2.75) is 18.9 Å². The van der Waals surface area contributed by atoms with Crippen molar-refractivity contribution in [3.8, 4) is 5.75 Å². The zero-order valence-electron chi connectivity index (χ0n) is 20.4. The van der Waals surface area contributed by atoms with Crippen LogP contribution in [0.2, 0.25) is 5.02 Å². The van der Waals surface area contributed by atoms with Gasteiger partial charge in [-0.1, -0.05) is 42.0 Å². The van der Waals surface area contributed by atoms with E-state index in [2.05, 4.69) is 0 Å². The molecule has 13 heteroatoms. The summed E-state index contributed by atoms with van der Waals surface area (Å²) >= 11 is 6.42. The minimum atomic E-state index is -4.25. The number of halogens is 1. The van der Waals surface area contributed by atoms with E-state index in [0.717, 1.165) is 4.31 Å². The second kappa shape index (κ2) is 12.8. The molecule has 0 bridgehead atoms. The van der Waals surface area contributed by atoms with Crippen LogP contribution < -0.4 is 14.8 Å². The number of carboxylic acid groups (broad SMARTS) is 2. The molecule has 1 heterocycles. The maximum Gasteiger partial charge on any atom is 0.320 e. The molecule has 204 valence electrons. The molecule has 2 aromatic carbocycles. The molecule has 1 saturated heterocycles. The number of hydrogen-bond acceptors (Lipinski definition) is 7. The number of nitrogens with zero attached hydrogens (tertiary/aromatic N) is 2. The summed E-state index contributed by atoms with van der Waals surface area (Å²) in [7, 11) is -4.25. The summed E-state index contributed by atoms with van der Waals surface area (Å²) in [5, 5.41) is 25.8. The number of amidine groups is 1. The highest BCUT2D eigenvalue weighted by Gasteiger charge is 2.27. The zero-order chi connectivity index (χ0) is 27.9. The third-order valence-electron chi connectivity index (χ3n) is 5.81. The summed E-state index contributed by atoms with van der Waals surface area (Å²) in [4.78, 5) is 23.9. The molecule has 0 aliphatic carbocycles. The molecule has 2 aromatic rings. The molecule has 0 unspecified atom stereocenters. The Labute approximate surface area is 225 Å². The minimum Gasteiger partial charge on any atom is -0.489 e. The number of piperidine rings is 1. The number of anilines is 1. The Morgan fingerprint density at radius 2 is 1.87 bits per heavy atom. The molecule has 5 N–H and O–H groups in total. The van der Waals surface area contributed by atoms with Crippen molar-refractivity contribution in [3.63, 3.8) is 0 Å². The Bertz CT molecular complexity index is 1320. The number of nitrogen functional groups attached to an aromatic ring is 1. The highest BCUT2D eigenvalue weighted by atomic mass is 35.5. The third-order valence-corrected chi connectivity index (χ3v) is 7.75. The lowest BCUT2D eigenvalue weighted by atomic mass is 10.1. The first-order valence-electron chi connectivity index (χ1n) is 11.7. The van der Waals surface area contributed by atoms with E-state index in [1.54, 1.807) is 36.4 Å². The number of benzene rings is 2. The van der Waals surface area contributed by atoms with Crippen LogP contribution in [0.15, 0.2) is 48.5 Å².